The Morgan fingerprint density at radius 2 is 1.88 bits per heavy atom. The SMILES string of the molecule is O=c1[nH]c(OC(F)(F)F)cc(Cl)c1S(=O)(=O)Cl. The molecule has 0 spiro atoms. The van der Waals surface area contributed by atoms with Crippen LogP contribution in [-0.4, -0.2) is 19.8 Å². The van der Waals surface area contributed by atoms with E-state index in [0.717, 1.165) is 0 Å². The molecule has 0 fully saturated rings. The van der Waals surface area contributed by atoms with Crippen LogP contribution >= 0.6 is 22.3 Å². The van der Waals surface area contributed by atoms with Crippen LogP contribution in [0.5, 0.6) is 5.88 Å². The van der Waals surface area contributed by atoms with Gasteiger partial charge in [0.1, 0.15) is 0 Å². The molecule has 96 valence electrons. The molecule has 0 aromatic carbocycles. The van der Waals surface area contributed by atoms with Gasteiger partial charge < -0.3 is 4.74 Å². The van der Waals surface area contributed by atoms with Gasteiger partial charge in [-0.3, -0.25) is 9.78 Å². The first-order valence-electron chi connectivity index (χ1n) is 3.64. The van der Waals surface area contributed by atoms with Crippen molar-refractivity contribution in [3.63, 3.8) is 0 Å². The van der Waals surface area contributed by atoms with E-state index in [9.17, 15) is 26.4 Å². The molecular weight excluding hydrogens is 310 g/mol. The summed E-state index contributed by atoms with van der Waals surface area (Å²) in [7, 11) is 0.394. The molecule has 0 aliphatic rings. The Bertz CT molecular complexity index is 594. The highest BCUT2D eigenvalue weighted by molar-refractivity contribution is 8.13. The van der Waals surface area contributed by atoms with Gasteiger partial charge in [-0.2, -0.15) is 0 Å². The van der Waals surface area contributed by atoms with Crippen molar-refractivity contribution >= 4 is 31.3 Å². The first-order chi connectivity index (χ1) is 7.50. The lowest BCUT2D eigenvalue weighted by Gasteiger charge is -2.09. The predicted octanol–water partition coefficient (Wildman–Crippen LogP) is 1.85. The average molecular weight is 312 g/mol. The number of nitrogens with one attached hydrogen (secondary N) is 1. The number of pyridine rings is 1. The smallest absolute Gasteiger partial charge is 0.390 e. The Morgan fingerprint density at radius 3 is 2.24 bits per heavy atom. The number of hydrogen-bond acceptors (Lipinski definition) is 4. The molecule has 0 amide bonds. The molecule has 0 aliphatic carbocycles. The first kappa shape index (κ1) is 14.1. The van der Waals surface area contributed by atoms with Crippen LogP contribution < -0.4 is 10.3 Å². The minimum Gasteiger partial charge on any atom is -0.390 e. The molecule has 1 rings (SSSR count). The quantitative estimate of drug-likeness (QED) is 0.846. The summed E-state index contributed by atoms with van der Waals surface area (Å²) in [6, 6.07) is 0.478. The highest BCUT2D eigenvalue weighted by Crippen LogP contribution is 2.26. The number of halogens is 5. The molecule has 0 atom stereocenters. The fraction of sp³-hybridized carbons (Fsp3) is 0.167. The van der Waals surface area contributed by atoms with Crippen molar-refractivity contribution in [2.75, 3.05) is 0 Å². The summed E-state index contributed by atoms with van der Waals surface area (Å²) in [5, 5.41) is -0.775. The summed E-state index contributed by atoms with van der Waals surface area (Å²) in [5.41, 5.74) is -1.41. The van der Waals surface area contributed by atoms with E-state index in [1.165, 1.54) is 4.98 Å². The van der Waals surface area contributed by atoms with Crippen molar-refractivity contribution in [2.45, 2.75) is 11.3 Å². The van der Waals surface area contributed by atoms with E-state index in [1.54, 1.807) is 0 Å². The van der Waals surface area contributed by atoms with Gasteiger partial charge in [0.25, 0.3) is 14.6 Å². The lowest BCUT2D eigenvalue weighted by atomic mass is 10.5. The average Bonchev–Trinajstić information content (AvgIpc) is 1.94. The van der Waals surface area contributed by atoms with Gasteiger partial charge in [-0.05, 0) is 0 Å². The van der Waals surface area contributed by atoms with Crippen molar-refractivity contribution in [3.05, 3.63) is 21.4 Å². The minimum atomic E-state index is -5.05. The Kier molecular flexibility index (Phi) is 3.65. The molecule has 0 saturated carbocycles. The van der Waals surface area contributed by atoms with E-state index in [1.807, 2.05) is 0 Å². The maximum absolute atomic E-state index is 11.8. The Balaban J connectivity index is 3.35. The number of alkyl halides is 3. The second kappa shape index (κ2) is 4.39. The molecule has 5 nitrogen and oxygen atoms in total. The molecule has 1 aromatic rings. The molecule has 0 saturated heterocycles. The van der Waals surface area contributed by atoms with Crippen molar-refractivity contribution < 1.29 is 26.3 Å². The van der Waals surface area contributed by atoms with Gasteiger partial charge in [0.2, 0.25) is 5.88 Å². The van der Waals surface area contributed by atoms with Crippen LogP contribution in [0.2, 0.25) is 5.02 Å². The lowest BCUT2D eigenvalue weighted by Crippen LogP contribution is -2.22. The third-order valence-corrected chi connectivity index (χ3v) is 3.15. The summed E-state index contributed by atoms with van der Waals surface area (Å²) in [6.07, 6.45) is -5.05. The number of H-pyrrole nitrogens is 1. The molecular formula is C6H2Cl2F3NO4S. The summed E-state index contributed by atoms with van der Waals surface area (Å²) in [4.78, 5) is 11.6. The highest BCUT2D eigenvalue weighted by Gasteiger charge is 2.32. The zero-order valence-corrected chi connectivity index (χ0v) is 9.84. The molecule has 0 bridgehead atoms. The molecule has 17 heavy (non-hydrogen) atoms. The van der Waals surface area contributed by atoms with Crippen LogP contribution in [0.4, 0.5) is 13.2 Å². The molecule has 11 heteroatoms. The number of ether oxygens (including phenoxy) is 1. The summed E-state index contributed by atoms with van der Waals surface area (Å²) >= 11 is 5.32. The standard InChI is InChI=1S/C6H2Cl2F3NO4S/c7-2-1-3(16-6(9,10)11)12-5(13)4(2)17(8,14)15/h1H,(H,12,13). The number of rotatable bonds is 2. The topological polar surface area (TPSA) is 76.2 Å². The third kappa shape index (κ3) is 3.79. The third-order valence-electron chi connectivity index (χ3n) is 1.39. The largest absolute Gasteiger partial charge is 0.574 e. The van der Waals surface area contributed by atoms with Crippen molar-refractivity contribution in [1.82, 2.24) is 4.98 Å². The second-order valence-corrected chi connectivity index (χ2v) is 5.54. The number of aromatic amines is 1. The normalized spacial score (nSPS) is 12.5. The van der Waals surface area contributed by atoms with Gasteiger partial charge in [0.05, 0.1) is 5.02 Å². The van der Waals surface area contributed by atoms with E-state index in [-0.39, 0.29) is 0 Å². The maximum atomic E-state index is 11.8. The second-order valence-electron chi connectivity index (χ2n) is 2.63. The lowest BCUT2D eigenvalue weighted by molar-refractivity contribution is -0.276. The van der Waals surface area contributed by atoms with Gasteiger partial charge in [0.15, 0.2) is 4.90 Å². The van der Waals surface area contributed by atoms with E-state index in [0.29, 0.717) is 6.07 Å². The van der Waals surface area contributed by atoms with Crippen LogP contribution in [0.15, 0.2) is 15.8 Å². The zero-order valence-electron chi connectivity index (χ0n) is 7.51. The highest BCUT2D eigenvalue weighted by atomic mass is 35.7. The predicted molar refractivity (Wildman–Crippen MR) is 51.8 cm³/mol. The van der Waals surface area contributed by atoms with Crippen molar-refractivity contribution in [1.29, 1.82) is 0 Å². The van der Waals surface area contributed by atoms with E-state index >= 15 is 0 Å². The van der Waals surface area contributed by atoms with Gasteiger partial charge in [-0.1, -0.05) is 11.6 Å². The van der Waals surface area contributed by atoms with Crippen LogP contribution in [0.1, 0.15) is 0 Å². The Hall–Kier alpha value is -0.930. The van der Waals surface area contributed by atoms with Crippen LogP contribution in [0.3, 0.4) is 0 Å². The van der Waals surface area contributed by atoms with E-state index in [2.05, 4.69) is 4.74 Å². The van der Waals surface area contributed by atoms with Gasteiger partial charge in [0, 0.05) is 16.7 Å². The Morgan fingerprint density at radius 1 is 1.35 bits per heavy atom. The van der Waals surface area contributed by atoms with Gasteiger partial charge >= 0.3 is 6.36 Å². The fourth-order valence-electron chi connectivity index (χ4n) is 0.901. The molecule has 0 aliphatic heterocycles. The van der Waals surface area contributed by atoms with E-state index in [4.69, 9.17) is 22.3 Å². The van der Waals surface area contributed by atoms with Crippen molar-refractivity contribution in [3.8, 4) is 5.88 Å². The van der Waals surface area contributed by atoms with Gasteiger partial charge in [-0.15, -0.1) is 13.2 Å². The monoisotopic (exact) mass is 311 g/mol. The minimum absolute atomic E-state index is 0.478. The zero-order chi connectivity index (χ0) is 13.4. The van der Waals surface area contributed by atoms with E-state index < -0.39 is 36.8 Å². The molecule has 1 N–H and O–H groups in total. The molecule has 1 heterocycles. The summed E-state index contributed by atoms with van der Waals surface area (Å²) in [6.45, 7) is 0. The van der Waals surface area contributed by atoms with Crippen LogP contribution in [-0.2, 0) is 9.05 Å². The first-order valence-corrected chi connectivity index (χ1v) is 6.32. The maximum Gasteiger partial charge on any atom is 0.574 e. The van der Waals surface area contributed by atoms with Crippen LogP contribution in [0.25, 0.3) is 0 Å². The molecule has 1 aromatic heterocycles. The number of hydrogen-bond donors (Lipinski definition) is 1. The van der Waals surface area contributed by atoms with Gasteiger partial charge in [-0.25, -0.2) is 8.42 Å². The van der Waals surface area contributed by atoms with Crippen LogP contribution in [0, 0.1) is 0 Å². The summed E-state index contributed by atoms with van der Waals surface area (Å²) in [5.74, 6) is -1.04. The van der Waals surface area contributed by atoms with Crippen molar-refractivity contribution in [2.24, 2.45) is 0 Å². The molecule has 0 unspecified atom stereocenters. The Labute approximate surface area is 102 Å². The number of aromatic nitrogens is 1. The summed E-state index contributed by atoms with van der Waals surface area (Å²) < 4.78 is 60.5. The fourth-order valence-corrected chi connectivity index (χ4v) is 2.53. The molecule has 0 radical (unpaired) electrons.